The Balaban J connectivity index is 2.00. The number of hydrogen-bond donors (Lipinski definition) is 1. The maximum absolute atomic E-state index is 13.8. The first-order valence-corrected chi connectivity index (χ1v) is 6.58. The fourth-order valence-electron chi connectivity index (χ4n) is 2.75. The van der Waals surface area contributed by atoms with Gasteiger partial charge in [0.2, 0.25) is 0 Å². The van der Waals surface area contributed by atoms with E-state index in [-0.39, 0.29) is 5.56 Å². The van der Waals surface area contributed by atoms with Crippen LogP contribution in [-0.4, -0.2) is 0 Å². The Morgan fingerprint density at radius 2 is 1.65 bits per heavy atom. The first-order valence-electron chi connectivity index (χ1n) is 6.58. The predicted molar refractivity (Wildman–Crippen MR) is 70.8 cm³/mol. The van der Waals surface area contributed by atoms with Crippen molar-refractivity contribution in [3.63, 3.8) is 0 Å². The fourth-order valence-corrected chi connectivity index (χ4v) is 2.75. The van der Waals surface area contributed by atoms with Gasteiger partial charge in [-0.3, -0.25) is 0 Å². The molecule has 0 heterocycles. The van der Waals surface area contributed by atoms with E-state index in [1.807, 2.05) is 18.2 Å². The normalized spacial score (nSPS) is 15.2. The molecule has 2 N–H and O–H groups in total. The molecular weight excluding hydrogens is 263 g/mol. The van der Waals surface area contributed by atoms with Gasteiger partial charge in [0, 0.05) is 5.56 Å². The summed E-state index contributed by atoms with van der Waals surface area (Å²) in [6, 6.07) is 7.06. The van der Waals surface area contributed by atoms with E-state index in [0.29, 0.717) is 0 Å². The Labute approximate surface area is 115 Å². The number of rotatable bonds is 2. The minimum Gasteiger partial charge on any atom is -0.320 e. The lowest BCUT2D eigenvalue weighted by Crippen LogP contribution is -2.15. The average Bonchev–Trinajstić information content (AvgIpc) is 2.91. The maximum atomic E-state index is 13.8. The number of benzene rings is 2. The molecule has 0 saturated carbocycles. The van der Waals surface area contributed by atoms with E-state index in [9.17, 15) is 13.2 Å². The van der Waals surface area contributed by atoms with Crippen LogP contribution in [-0.2, 0) is 12.8 Å². The molecule has 2 aromatic rings. The molecule has 1 unspecified atom stereocenters. The lowest BCUT2D eigenvalue weighted by atomic mass is 9.96. The molecule has 0 amide bonds. The molecule has 104 valence electrons. The minimum absolute atomic E-state index is 0.0261. The molecule has 20 heavy (non-hydrogen) atoms. The summed E-state index contributed by atoms with van der Waals surface area (Å²) in [5, 5.41) is 0. The van der Waals surface area contributed by atoms with Crippen molar-refractivity contribution in [1.29, 1.82) is 0 Å². The summed E-state index contributed by atoms with van der Waals surface area (Å²) in [4.78, 5) is 0. The van der Waals surface area contributed by atoms with E-state index < -0.39 is 23.5 Å². The third-order valence-corrected chi connectivity index (χ3v) is 3.88. The second kappa shape index (κ2) is 4.94. The first kappa shape index (κ1) is 13.2. The number of hydrogen-bond acceptors (Lipinski definition) is 1. The van der Waals surface area contributed by atoms with Gasteiger partial charge in [-0.2, -0.15) is 0 Å². The van der Waals surface area contributed by atoms with Gasteiger partial charge in [-0.05, 0) is 42.0 Å². The highest BCUT2D eigenvalue weighted by Crippen LogP contribution is 2.29. The van der Waals surface area contributed by atoms with Crippen LogP contribution in [0.5, 0.6) is 0 Å². The number of fused-ring (bicyclic) bond motifs is 1. The maximum Gasteiger partial charge on any atom is 0.194 e. The predicted octanol–water partition coefficient (Wildman–Crippen LogP) is 3.64. The summed E-state index contributed by atoms with van der Waals surface area (Å²) in [6.45, 7) is 0. The molecule has 3 rings (SSSR count). The van der Waals surface area contributed by atoms with Gasteiger partial charge in [-0.1, -0.05) is 24.3 Å². The largest absolute Gasteiger partial charge is 0.320 e. The van der Waals surface area contributed by atoms with Crippen molar-refractivity contribution in [2.75, 3.05) is 0 Å². The van der Waals surface area contributed by atoms with Crippen molar-refractivity contribution in [3.05, 3.63) is 70.0 Å². The third-order valence-electron chi connectivity index (χ3n) is 3.88. The molecule has 0 radical (unpaired) electrons. The molecular formula is C16H14F3N. The van der Waals surface area contributed by atoms with E-state index in [0.717, 1.165) is 30.9 Å². The lowest BCUT2D eigenvalue weighted by molar-refractivity contribution is 0.438. The van der Waals surface area contributed by atoms with Crippen molar-refractivity contribution in [2.24, 2.45) is 5.73 Å². The average molecular weight is 277 g/mol. The van der Waals surface area contributed by atoms with E-state index in [2.05, 4.69) is 0 Å². The molecule has 1 atom stereocenters. The van der Waals surface area contributed by atoms with Crippen molar-refractivity contribution >= 4 is 0 Å². The van der Waals surface area contributed by atoms with Crippen molar-refractivity contribution in [1.82, 2.24) is 0 Å². The smallest absolute Gasteiger partial charge is 0.194 e. The Hall–Kier alpha value is -1.81. The number of halogens is 3. The van der Waals surface area contributed by atoms with Gasteiger partial charge >= 0.3 is 0 Å². The van der Waals surface area contributed by atoms with Gasteiger partial charge in [0.05, 0.1) is 6.04 Å². The third kappa shape index (κ3) is 2.10. The van der Waals surface area contributed by atoms with Crippen LogP contribution < -0.4 is 5.73 Å². The van der Waals surface area contributed by atoms with Crippen molar-refractivity contribution < 1.29 is 13.2 Å². The zero-order chi connectivity index (χ0) is 14.3. The van der Waals surface area contributed by atoms with Crippen molar-refractivity contribution in [2.45, 2.75) is 25.3 Å². The number of nitrogens with two attached hydrogens (primary N) is 1. The highest BCUT2D eigenvalue weighted by molar-refractivity contribution is 5.40. The SMILES string of the molecule is NC(c1ccc2c(c1)CCC2)c1ccc(F)c(F)c1F. The summed E-state index contributed by atoms with van der Waals surface area (Å²) >= 11 is 0. The molecule has 1 aliphatic carbocycles. The molecule has 2 aromatic carbocycles. The monoisotopic (exact) mass is 277 g/mol. The fraction of sp³-hybridized carbons (Fsp3) is 0.250. The van der Waals surface area contributed by atoms with E-state index >= 15 is 0 Å². The molecule has 1 aliphatic rings. The number of aryl methyl sites for hydroxylation is 2. The molecule has 0 fully saturated rings. The van der Waals surface area contributed by atoms with Gasteiger partial charge in [0.15, 0.2) is 17.5 Å². The summed E-state index contributed by atoms with van der Waals surface area (Å²) in [7, 11) is 0. The van der Waals surface area contributed by atoms with Crippen LogP contribution in [0.25, 0.3) is 0 Å². The Bertz CT molecular complexity index is 667. The second-order valence-electron chi connectivity index (χ2n) is 5.12. The van der Waals surface area contributed by atoms with Crippen LogP contribution in [0.3, 0.4) is 0 Å². The van der Waals surface area contributed by atoms with Crippen LogP contribution in [0.4, 0.5) is 13.2 Å². The van der Waals surface area contributed by atoms with E-state index in [4.69, 9.17) is 5.73 Å². The molecule has 4 heteroatoms. The highest BCUT2D eigenvalue weighted by atomic mass is 19.2. The first-order chi connectivity index (χ1) is 9.58. The topological polar surface area (TPSA) is 26.0 Å². The molecule has 0 spiro atoms. The van der Waals surface area contributed by atoms with Gasteiger partial charge in [0.25, 0.3) is 0 Å². The molecule has 0 aromatic heterocycles. The lowest BCUT2D eigenvalue weighted by Gasteiger charge is -2.15. The van der Waals surface area contributed by atoms with Crippen LogP contribution in [0.15, 0.2) is 30.3 Å². The quantitative estimate of drug-likeness (QED) is 0.833. The Kier molecular flexibility index (Phi) is 3.26. The highest BCUT2D eigenvalue weighted by Gasteiger charge is 2.21. The van der Waals surface area contributed by atoms with Crippen molar-refractivity contribution in [3.8, 4) is 0 Å². The van der Waals surface area contributed by atoms with E-state index in [1.54, 1.807) is 0 Å². The zero-order valence-electron chi connectivity index (χ0n) is 10.8. The van der Waals surface area contributed by atoms with E-state index in [1.165, 1.54) is 17.2 Å². The van der Waals surface area contributed by atoms with Crippen LogP contribution in [0.1, 0.15) is 34.7 Å². The second-order valence-corrected chi connectivity index (χ2v) is 5.12. The standard InChI is InChI=1S/C16H14F3N/c17-13-7-6-12(14(18)15(13)19)16(20)11-5-4-9-2-1-3-10(9)8-11/h4-8,16H,1-3,20H2. The van der Waals surface area contributed by atoms with Crippen LogP contribution >= 0.6 is 0 Å². The van der Waals surface area contributed by atoms with Crippen LogP contribution in [0.2, 0.25) is 0 Å². The molecule has 0 bridgehead atoms. The molecule has 1 nitrogen and oxygen atoms in total. The van der Waals surface area contributed by atoms with Gasteiger partial charge in [0.1, 0.15) is 0 Å². The summed E-state index contributed by atoms with van der Waals surface area (Å²) in [6.07, 6.45) is 3.13. The molecule has 0 saturated heterocycles. The zero-order valence-corrected chi connectivity index (χ0v) is 10.8. The van der Waals surface area contributed by atoms with Gasteiger partial charge in [-0.15, -0.1) is 0 Å². The summed E-state index contributed by atoms with van der Waals surface area (Å²) in [5.41, 5.74) is 9.19. The van der Waals surface area contributed by atoms with Gasteiger partial charge < -0.3 is 5.73 Å². The summed E-state index contributed by atoms with van der Waals surface area (Å²) in [5.74, 6) is -3.88. The summed E-state index contributed by atoms with van der Waals surface area (Å²) < 4.78 is 40.0. The van der Waals surface area contributed by atoms with Crippen LogP contribution in [0, 0.1) is 17.5 Å². The molecule has 0 aliphatic heterocycles. The van der Waals surface area contributed by atoms with Gasteiger partial charge in [-0.25, -0.2) is 13.2 Å². The Morgan fingerprint density at radius 1 is 0.900 bits per heavy atom. The minimum atomic E-state index is -1.47. The Morgan fingerprint density at radius 3 is 2.45 bits per heavy atom.